The summed E-state index contributed by atoms with van der Waals surface area (Å²) in [7, 11) is 0. The van der Waals surface area contributed by atoms with Gasteiger partial charge in [-0.1, -0.05) is 26.7 Å². The number of rotatable bonds is 7. The molecule has 0 saturated heterocycles. The number of carbonyl (C=O) groups is 1. The highest BCUT2D eigenvalue weighted by atomic mass is 16.5. The zero-order valence-corrected chi connectivity index (χ0v) is 10.4. The zero-order chi connectivity index (χ0) is 11.9. The van der Waals surface area contributed by atoms with Crippen molar-refractivity contribution in [2.45, 2.75) is 59.0 Å². The minimum Gasteiger partial charge on any atom is -0.466 e. The van der Waals surface area contributed by atoms with Gasteiger partial charge in [0.15, 0.2) is 0 Å². The summed E-state index contributed by atoms with van der Waals surface area (Å²) in [6, 6.07) is 0. The van der Waals surface area contributed by atoms with Crippen LogP contribution in [0.1, 0.15) is 53.4 Å². The van der Waals surface area contributed by atoms with Crippen LogP contribution in [0.25, 0.3) is 0 Å². The molecule has 0 spiro atoms. The van der Waals surface area contributed by atoms with Crippen LogP contribution in [-0.2, 0) is 9.53 Å². The molecule has 90 valence electrons. The quantitative estimate of drug-likeness (QED) is 0.665. The first-order chi connectivity index (χ1) is 6.87. The average Bonchev–Trinajstić information content (AvgIpc) is 2.01. The Hall–Kier alpha value is -0.570. The fraction of sp³-hybridized carbons (Fsp3) is 0.917. The van der Waals surface area contributed by atoms with Crippen LogP contribution in [0.2, 0.25) is 0 Å². The summed E-state index contributed by atoms with van der Waals surface area (Å²) in [5.74, 6) is 0.329. The molecule has 0 saturated carbocycles. The first-order valence-corrected chi connectivity index (χ1v) is 5.75. The molecule has 0 amide bonds. The van der Waals surface area contributed by atoms with Gasteiger partial charge in [0.25, 0.3) is 0 Å². The van der Waals surface area contributed by atoms with Crippen LogP contribution in [0.15, 0.2) is 0 Å². The highest BCUT2D eigenvalue weighted by Gasteiger charge is 2.24. The summed E-state index contributed by atoms with van der Waals surface area (Å²) in [6.07, 6.45) is 2.78. The van der Waals surface area contributed by atoms with Crippen molar-refractivity contribution in [2.24, 2.45) is 5.92 Å². The molecule has 1 N–H and O–H groups in total. The molecule has 0 fully saturated rings. The first-order valence-electron chi connectivity index (χ1n) is 5.75. The van der Waals surface area contributed by atoms with Gasteiger partial charge in [0.05, 0.1) is 18.6 Å². The minimum absolute atomic E-state index is 0.0962. The van der Waals surface area contributed by atoms with Gasteiger partial charge in [0.2, 0.25) is 0 Å². The highest BCUT2D eigenvalue weighted by molar-refractivity contribution is 5.70. The van der Waals surface area contributed by atoms with E-state index >= 15 is 0 Å². The molecule has 15 heavy (non-hydrogen) atoms. The molecular formula is C12H24O3. The lowest BCUT2D eigenvalue weighted by Crippen LogP contribution is -2.28. The molecular weight excluding hydrogens is 192 g/mol. The molecule has 3 nitrogen and oxygen atoms in total. The van der Waals surface area contributed by atoms with Crippen LogP contribution in [0.3, 0.4) is 0 Å². The van der Waals surface area contributed by atoms with Crippen LogP contribution in [0.5, 0.6) is 0 Å². The third-order valence-electron chi connectivity index (χ3n) is 2.33. The van der Waals surface area contributed by atoms with E-state index in [1.807, 2.05) is 0 Å². The largest absolute Gasteiger partial charge is 0.466 e. The second-order valence-electron chi connectivity index (χ2n) is 4.76. The maximum atomic E-state index is 11.2. The van der Waals surface area contributed by atoms with Crippen LogP contribution in [-0.4, -0.2) is 23.3 Å². The van der Waals surface area contributed by atoms with Crippen molar-refractivity contribution >= 4 is 5.97 Å². The smallest absolute Gasteiger partial charge is 0.308 e. The zero-order valence-electron chi connectivity index (χ0n) is 10.4. The van der Waals surface area contributed by atoms with E-state index < -0.39 is 5.60 Å². The van der Waals surface area contributed by atoms with E-state index in [0.29, 0.717) is 18.9 Å². The molecule has 0 aliphatic carbocycles. The summed E-state index contributed by atoms with van der Waals surface area (Å²) in [6.45, 7) is 8.15. The van der Waals surface area contributed by atoms with Crippen LogP contribution in [0.4, 0.5) is 0 Å². The molecule has 1 atom stereocenters. The summed E-state index contributed by atoms with van der Waals surface area (Å²) in [5, 5.41) is 9.92. The number of hydrogen-bond acceptors (Lipinski definition) is 3. The first kappa shape index (κ1) is 14.4. The van der Waals surface area contributed by atoms with E-state index in [2.05, 4.69) is 13.8 Å². The van der Waals surface area contributed by atoms with Gasteiger partial charge in [-0.15, -0.1) is 0 Å². The Labute approximate surface area is 92.8 Å². The molecule has 0 aromatic carbocycles. The second-order valence-corrected chi connectivity index (χ2v) is 4.76. The van der Waals surface area contributed by atoms with Crippen LogP contribution < -0.4 is 0 Å². The molecule has 0 rings (SSSR count). The Morgan fingerprint density at radius 1 is 1.47 bits per heavy atom. The van der Waals surface area contributed by atoms with Gasteiger partial charge in [-0.2, -0.15) is 0 Å². The Morgan fingerprint density at radius 2 is 2.07 bits per heavy atom. The fourth-order valence-corrected chi connectivity index (χ4v) is 1.50. The van der Waals surface area contributed by atoms with Crippen molar-refractivity contribution in [3.8, 4) is 0 Å². The van der Waals surface area contributed by atoms with E-state index in [9.17, 15) is 9.90 Å². The molecule has 0 aliphatic rings. The summed E-state index contributed by atoms with van der Waals surface area (Å²) in [4.78, 5) is 11.2. The van der Waals surface area contributed by atoms with Gasteiger partial charge in [-0.05, 0) is 26.2 Å². The Morgan fingerprint density at radius 3 is 2.53 bits per heavy atom. The van der Waals surface area contributed by atoms with Crippen molar-refractivity contribution in [1.82, 2.24) is 0 Å². The number of hydrogen-bond donors (Lipinski definition) is 1. The Bertz CT molecular complexity index is 185. The monoisotopic (exact) mass is 216 g/mol. The lowest BCUT2D eigenvalue weighted by molar-refractivity contribution is -0.148. The normalized spacial score (nSPS) is 15.1. The third kappa shape index (κ3) is 8.43. The lowest BCUT2D eigenvalue weighted by Gasteiger charge is -2.22. The fourth-order valence-electron chi connectivity index (χ4n) is 1.50. The number of aliphatic hydroxyl groups is 1. The predicted molar refractivity (Wildman–Crippen MR) is 60.6 cm³/mol. The summed E-state index contributed by atoms with van der Waals surface area (Å²) < 4.78 is 4.81. The number of ether oxygens (including phenoxy) is 1. The second kappa shape index (κ2) is 6.83. The Kier molecular flexibility index (Phi) is 6.57. The molecule has 3 heteroatoms. The number of carbonyl (C=O) groups excluding carboxylic acids is 1. The maximum Gasteiger partial charge on any atom is 0.308 e. The molecule has 1 unspecified atom stereocenters. The van der Waals surface area contributed by atoms with Crippen molar-refractivity contribution in [1.29, 1.82) is 0 Å². The topological polar surface area (TPSA) is 46.5 Å². The van der Waals surface area contributed by atoms with E-state index in [1.165, 1.54) is 0 Å². The summed E-state index contributed by atoms with van der Waals surface area (Å²) in [5.41, 5.74) is -0.916. The van der Waals surface area contributed by atoms with Gasteiger partial charge in [-0.25, -0.2) is 0 Å². The summed E-state index contributed by atoms with van der Waals surface area (Å²) >= 11 is 0. The van der Waals surface area contributed by atoms with E-state index in [1.54, 1.807) is 13.8 Å². The van der Waals surface area contributed by atoms with Gasteiger partial charge in [-0.3, -0.25) is 4.79 Å². The van der Waals surface area contributed by atoms with Crippen molar-refractivity contribution in [3.05, 3.63) is 0 Å². The van der Waals surface area contributed by atoms with Gasteiger partial charge < -0.3 is 9.84 Å². The molecule has 0 aromatic heterocycles. The maximum absolute atomic E-state index is 11.2. The van der Waals surface area contributed by atoms with Gasteiger partial charge >= 0.3 is 5.97 Å². The van der Waals surface area contributed by atoms with Crippen molar-refractivity contribution < 1.29 is 14.6 Å². The van der Waals surface area contributed by atoms with Crippen LogP contribution >= 0.6 is 0 Å². The number of esters is 1. The lowest BCUT2D eigenvalue weighted by atomic mass is 9.93. The third-order valence-corrected chi connectivity index (χ3v) is 2.33. The van der Waals surface area contributed by atoms with Crippen LogP contribution in [0, 0.1) is 5.92 Å². The SMILES string of the molecule is CCOC(=O)CC(C)(O)CCCC(C)C. The van der Waals surface area contributed by atoms with Crippen molar-refractivity contribution in [3.63, 3.8) is 0 Å². The molecule has 0 bridgehead atoms. The molecule has 0 aromatic rings. The van der Waals surface area contributed by atoms with E-state index in [-0.39, 0.29) is 12.4 Å². The van der Waals surface area contributed by atoms with E-state index in [4.69, 9.17) is 4.74 Å². The Balaban J connectivity index is 3.80. The van der Waals surface area contributed by atoms with E-state index in [0.717, 1.165) is 12.8 Å². The van der Waals surface area contributed by atoms with Gasteiger partial charge in [0, 0.05) is 0 Å². The standard InChI is InChI=1S/C12H24O3/c1-5-15-11(13)9-12(4,14)8-6-7-10(2)3/h10,14H,5-9H2,1-4H3. The van der Waals surface area contributed by atoms with Gasteiger partial charge in [0.1, 0.15) is 0 Å². The molecule has 0 heterocycles. The molecule has 0 radical (unpaired) electrons. The highest BCUT2D eigenvalue weighted by Crippen LogP contribution is 2.20. The minimum atomic E-state index is -0.916. The van der Waals surface area contributed by atoms with Crippen molar-refractivity contribution in [2.75, 3.05) is 6.61 Å². The molecule has 0 aliphatic heterocycles. The predicted octanol–water partition coefficient (Wildman–Crippen LogP) is 2.52. The average molecular weight is 216 g/mol.